The van der Waals surface area contributed by atoms with Crippen LogP contribution in [-0.4, -0.2) is 8.42 Å². The quantitative estimate of drug-likeness (QED) is 0.750. The van der Waals surface area contributed by atoms with Crippen molar-refractivity contribution >= 4 is 49.9 Å². The third kappa shape index (κ3) is 3.42. The molecule has 0 aliphatic heterocycles. The lowest BCUT2D eigenvalue weighted by Crippen LogP contribution is -2.14. The van der Waals surface area contributed by atoms with Crippen molar-refractivity contribution in [1.82, 2.24) is 0 Å². The van der Waals surface area contributed by atoms with E-state index in [1.807, 2.05) is 6.07 Å². The molecule has 0 atom stereocenters. The van der Waals surface area contributed by atoms with Gasteiger partial charge in [0.1, 0.15) is 5.82 Å². The highest BCUT2D eigenvalue weighted by Gasteiger charge is 2.17. The summed E-state index contributed by atoms with van der Waals surface area (Å²) in [6.07, 6.45) is 0. The minimum Gasteiger partial charge on any atom is -0.279 e. The monoisotopic (exact) mass is 425 g/mol. The van der Waals surface area contributed by atoms with Crippen molar-refractivity contribution in [2.24, 2.45) is 0 Å². The van der Waals surface area contributed by atoms with Gasteiger partial charge in [-0.3, -0.25) is 4.72 Å². The van der Waals surface area contributed by atoms with Crippen LogP contribution in [0.15, 0.2) is 41.3 Å². The second kappa shape index (κ2) is 5.87. The number of benzene rings is 2. The predicted octanol–water partition coefficient (Wildman–Crippen LogP) is 4.19. The Morgan fingerprint density at radius 2 is 1.90 bits per heavy atom. The molecule has 106 valence electrons. The average molecular weight is 426 g/mol. The van der Waals surface area contributed by atoms with Crippen molar-refractivity contribution in [3.05, 3.63) is 56.4 Å². The Bertz CT molecular complexity index is 765. The first kappa shape index (κ1) is 15.5. The summed E-state index contributed by atoms with van der Waals surface area (Å²) in [4.78, 5) is -0.0816. The number of aryl methyl sites for hydroxylation is 1. The second-order valence-electron chi connectivity index (χ2n) is 4.14. The summed E-state index contributed by atoms with van der Waals surface area (Å²) < 4.78 is 41.0. The summed E-state index contributed by atoms with van der Waals surface area (Å²) in [5.74, 6) is -0.656. The zero-order valence-corrected chi connectivity index (χ0v) is 14.1. The number of nitrogens with one attached hydrogen (secondary N) is 1. The molecule has 2 aromatic rings. The molecule has 20 heavy (non-hydrogen) atoms. The highest BCUT2D eigenvalue weighted by atomic mass is 127. The molecule has 0 heterocycles. The van der Waals surface area contributed by atoms with Gasteiger partial charge in [-0.05, 0) is 71.5 Å². The van der Waals surface area contributed by atoms with Crippen molar-refractivity contribution < 1.29 is 12.8 Å². The molecule has 2 rings (SSSR count). The Morgan fingerprint density at radius 3 is 2.50 bits per heavy atom. The maximum absolute atomic E-state index is 13.1. The zero-order chi connectivity index (χ0) is 14.9. The van der Waals surface area contributed by atoms with E-state index in [1.54, 1.807) is 19.1 Å². The number of hydrogen-bond acceptors (Lipinski definition) is 2. The smallest absolute Gasteiger partial charge is 0.261 e. The van der Waals surface area contributed by atoms with Gasteiger partial charge in [-0.25, -0.2) is 12.8 Å². The van der Waals surface area contributed by atoms with Crippen LogP contribution in [0, 0.1) is 16.3 Å². The van der Waals surface area contributed by atoms with Crippen LogP contribution in [0.3, 0.4) is 0 Å². The maximum atomic E-state index is 13.1. The number of anilines is 1. The number of sulfonamides is 1. The lowest BCUT2D eigenvalue weighted by molar-refractivity contribution is 0.599. The SMILES string of the molecule is Cc1cc(I)ccc1NS(=O)(=O)c1ccc(F)c(Cl)c1. The first-order valence-corrected chi connectivity index (χ1v) is 8.47. The minimum absolute atomic E-state index is 0.0816. The van der Waals surface area contributed by atoms with Gasteiger partial charge >= 0.3 is 0 Å². The highest BCUT2D eigenvalue weighted by Crippen LogP contribution is 2.24. The molecule has 0 amide bonds. The molecule has 0 unspecified atom stereocenters. The molecule has 0 fully saturated rings. The summed E-state index contributed by atoms with van der Waals surface area (Å²) in [6.45, 7) is 1.80. The molecule has 0 saturated carbocycles. The number of hydrogen-bond donors (Lipinski definition) is 1. The van der Waals surface area contributed by atoms with Gasteiger partial charge in [0.25, 0.3) is 10.0 Å². The predicted molar refractivity (Wildman–Crippen MR) is 86.1 cm³/mol. The second-order valence-corrected chi connectivity index (χ2v) is 7.48. The van der Waals surface area contributed by atoms with Crippen LogP contribution in [0.4, 0.5) is 10.1 Å². The summed E-state index contributed by atoms with van der Waals surface area (Å²) >= 11 is 7.75. The Morgan fingerprint density at radius 1 is 1.20 bits per heavy atom. The van der Waals surface area contributed by atoms with Crippen molar-refractivity contribution in [3.63, 3.8) is 0 Å². The number of halogens is 3. The van der Waals surface area contributed by atoms with E-state index in [1.165, 1.54) is 6.07 Å². The highest BCUT2D eigenvalue weighted by molar-refractivity contribution is 14.1. The Hall–Kier alpha value is -0.860. The van der Waals surface area contributed by atoms with E-state index in [4.69, 9.17) is 11.6 Å². The van der Waals surface area contributed by atoms with Crippen molar-refractivity contribution in [1.29, 1.82) is 0 Å². The molecule has 7 heteroatoms. The lowest BCUT2D eigenvalue weighted by atomic mass is 10.2. The largest absolute Gasteiger partial charge is 0.279 e. The first-order chi connectivity index (χ1) is 9.29. The molecule has 0 spiro atoms. The van der Waals surface area contributed by atoms with Crippen LogP contribution in [0.25, 0.3) is 0 Å². The van der Waals surface area contributed by atoms with Crippen molar-refractivity contribution in [2.75, 3.05) is 4.72 Å². The summed E-state index contributed by atoms with van der Waals surface area (Å²) in [5, 5.41) is -0.229. The van der Waals surface area contributed by atoms with Gasteiger partial charge in [0.05, 0.1) is 15.6 Å². The fourth-order valence-corrected chi connectivity index (χ4v) is 3.64. The molecule has 3 nitrogen and oxygen atoms in total. The van der Waals surface area contributed by atoms with E-state index in [0.717, 1.165) is 21.3 Å². The van der Waals surface area contributed by atoms with Gasteiger partial charge in [0.15, 0.2) is 0 Å². The minimum atomic E-state index is -3.79. The van der Waals surface area contributed by atoms with Crippen molar-refractivity contribution in [3.8, 4) is 0 Å². The van der Waals surface area contributed by atoms with Gasteiger partial charge in [0.2, 0.25) is 0 Å². The van der Waals surface area contributed by atoms with Gasteiger partial charge in [-0.15, -0.1) is 0 Å². The molecular formula is C13H10ClFINO2S. The Kier molecular flexibility index (Phi) is 4.55. The van der Waals surface area contributed by atoms with E-state index < -0.39 is 15.8 Å². The third-order valence-electron chi connectivity index (χ3n) is 2.63. The van der Waals surface area contributed by atoms with E-state index >= 15 is 0 Å². The van der Waals surface area contributed by atoms with Gasteiger partial charge in [-0.2, -0.15) is 0 Å². The first-order valence-electron chi connectivity index (χ1n) is 5.53. The fourth-order valence-electron chi connectivity index (χ4n) is 1.59. The molecule has 0 aliphatic carbocycles. The maximum Gasteiger partial charge on any atom is 0.261 e. The Balaban J connectivity index is 2.38. The fraction of sp³-hybridized carbons (Fsp3) is 0.0769. The lowest BCUT2D eigenvalue weighted by Gasteiger charge is -2.11. The molecule has 0 aliphatic rings. The number of rotatable bonds is 3. The molecule has 0 bridgehead atoms. The van der Waals surface area contributed by atoms with E-state index in [9.17, 15) is 12.8 Å². The molecule has 1 N–H and O–H groups in total. The molecular weight excluding hydrogens is 416 g/mol. The van der Waals surface area contributed by atoms with Crippen molar-refractivity contribution in [2.45, 2.75) is 11.8 Å². The molecule has 2 aromatic carbocycles. The van der Waals surface area contributed by atoms with Gasteiger partial charge < -0.3 is 0 Å². The van der Waals surface area contributed by atoms with Crippen LogP contribution < -0.4 is 4.72 Å². The van der Waals surface area contributed by atoms with Gasteiger partial charge in [-0.1, -0.05) is 11.6 Å². The van der Waals surface area contributed by atoms with Crippen LogP contribution >= 0.6 is 34.2 Å². The normalized spacial score (nSPS) is 11.4. The summed E-state index contributed by atoms with van der Waals surface area (Å²) in [5.41, 5.74) is 1.28. The van der Waals surface area contributed by atoms with Gasteiger partial charge in [0, 0.05) is 3.57 Å². The summed E-state index contributed by atoms with van der Waals surface area (Å²) in [6, 6.07) is 8.61. The topological polar surface area (TPSA) is 46.2 Å². The van der Waals surface area contributed by atoms with Crippen LogP contribution in [-0.2, 0) is 10.0 Å². The average Bonchev–Trinajstić information content (AvgIpc) is 2.36. The van der Waals surface area contributed by atoms with E-state index in [-0.39, 0.29) is 9.92 Å². The standard InChI is InChI=1S/C13H10ClFINO2S/c1-8-6-9(16)2-5-13(8)17-20(18,19)10-3-4-12(15)11(14)7-10/h2-7,17H,1H3. The molecule has 0 aromatic heterocycles. The summed E-state index contributed by atoms with van der Waals surface area (Å²) in [7, 11) is -3.79. The van der Waals surface area contributed by atoms with E-state index in [2.05, 4.69) is 27.3 Å². The molecule has 0 saturated heterocycles. The Labute approximate surface area is 135 Å². The zero-order valence-electron chi connectivity index (χ0n) is 10.3. The molecule has 0 radical (unpaired) electrons. The van der Waals surface area contributed by atoms with Crippen LogP contribution in [0.5, 0.6) is 0 Å². The van der Waals surface area contributed by atoms with E-state index in [0.29, 0.717) is 5.69 Å². The van der Waals surface area contributed by atoms with Crippen LogP contribution in [0.2, 0.25) is 5.02 Å². The third-order valence-corrected chi connectivity index (χ3v) is 4.96. The van der Waals surface area contributed by atoms with Crippen LogP contribution in [0.1, 0.15) is 5.56 Å².